The molecule has 8 heteroatoms. The number of halogens is 1. The van der Waals surface area contributed by atoms with Crippen molar-refractivity contribution < 1.29 is 18.8 Å². The van der Waals surface area contributed by atoms with Gasteiger partial charge in [-0.25, -0.2) is 0 Å². The highest BCUT2D eigenvalue weighted by Crippen LogP contribution is 2.33. The summed E-state index contributed by atoms with van der Waals surface area (Å²) in [4.78, 5) is 16.7. The first-order chi connectivity index (χ1) is 14.6. The number of nitrogens with zero attached hydrogens (tertiary/aromatic N) is 2. The van der Waals surface area contributed by atoms with E-state index in [4.69, 9.17) is 25.6 Å². The van der Waals surface area contributed by atoms with Crippen molar-refractivity contribution in [3.05, 3.63) is 59.2 Å². The number of ether oxygens (including phenoxy) is 2. The molecule has 1 heterocycles. The smallest absolute Gasteiger partial charge is 0.227 e. The SMILES string of the molecule is CCCc1noc(CCC(=O)Nc2cc(Cl)ccc2Oc2ccc(OCC)cc2)n1. The molecule has 0 aliphatic heterocycles. The van der Waals surface area contributed by atoms with E-state index in [9.17, 15) is 4.79 Å². The molecule has 7 nitrogen and oxygen atoms in total. The number of anilines is 1. The van der Waals surface area contributed by atoms with Gasteiger partial charge < -0.3 is 19.3 Å². The minimum absolute atomic E-state index is 0.197. The van der Waals surface area contributed by atoms with Crippen molar-refractivity contribution in [2.45, 2.75) is 39.5 Å². The minimum Gasteiger partial charge on any atom is -0.494 e. The number of aryl methyl sites for hydroxylation is 2. The van der Waals surface area contributed by atoms with Crippen molar-refractivity contribution >= 4 is 23.2 Å². The maximum atomic E-state index is 12.4. The molecule has 0 fully saturated rings. The zero-order valence-corrected chi connectivity index (χ0v) is 17.7. The lowest BCUT2D eigenvalue weighted by molar-refractivity contribution is -0.116. The summed E-state index contributed by atoms with van der Waals surface area (Å²) in [6.07, 6.45) is 2.25. The van der Waals surface area contributed by atoms with Crippen LogP contribution in [0.4, 0.5) is 5.69 Å². The quantitative estimate of drug-likeness (QED) is 0.462. The summed E-state index contributed by atoms with van der Waals surface area (Å²) in [5, 5.41) is 7.23. The number of carbonyl (C=O) groups excluding carboxylic acids is 1. The number of rotatable bonds is 10. The van der Waals surface area contributed by atoms with Crippen LogP contribution < -0.4 is 14.8 Å². The van der Waals surface area contributed by atoms with Gasteiger partial charge in [0.2, 0.25) is 11.8 Å². The van der Waals surface area contributed by atoms with E-state index in [-0.39, 0.29) is 12.3 Å². The second-order valence-corrected chi connectivity index (χ2v) is 6.99. The maximum Gasteiger partial charge on any atom is 0.227 e. The Balaban J connectivity index is 1.63. The van der Waals surface area contributed by atoms with Crippen LogP contribution in [0, 0.1) is 0 Å². The highest BCUT2D eigenvalue weighted by molar-refractivity contribution is 6.31. The molecule has 158 valence electrons. The van der Waals surface area contributed by atoms with Gasteiger partial charge in [0.15, 0.2) is 11.6 Å². The summed E-state index contributed by atoms with van der Waals surface area (Å²) in [5.74, 6) is 2.77. The van der Waals surface area contributed by atoms with Crippen LogP contribution in [0.3, 0.4) is 0 Å². The summed E-state index contributed by atoms with van der Waals surface area (Å²) in [5.41, 5.74) is 0.485. The molecule has 30 heavy (non-hydrogen) atoms. The monoisotopic (exact) mass is 429 g/mol. The molecule has 0 unspecified atom stereocenters. The number of amides is 1. The summed E-state index contributed by atoms with van der Waals surface area (Å²) < 4.78 is 16.5. The molecule has 0 radical (unpaired) electrons. The van der Waals surface area contributed by atoms with Crippen molar-refractivity contribution in [2.24, 2.45) is 0 Å². The Morgan fingerprint density at radius 2 is 1.87 bits per heavy atom. The Hall–Kier alpha value is -3.06. The van der Waals surface area contributed by atoms with Crippen LogP contribution in [0.5, 0.6) is 17.2 Å². The van der Waals surface area contributed by atoms with E-state index in [0.717, 1.165) is 18.6 Å². The standard InChI is InChI=1S/C22H24ClN3O4/c1-3-5-20-25-22(30-26-20)13-12-21(27)24-18-14-15(23)6-11-19(18)29-17-9-7-16(8-10-17)28-4-2/h6-11,14H,3-5,12-13H2,1-2H3,(H,24,27). The molecule has 1 N–H and O–H groups in total. The molecule has 3 rings (SSSR count). The highest BCUT2D eigenvalue weighted by atomic mass is 35.5. The molecular weight excluding hydrogens is 406 g/mol. The summed E-state index contributed by atoms with van der Waals surface area (Å²) >= 11 is 6.11. The zero-order chi connectivity index (χ0) is 21.3. The Bertz CT molecular complexity index is 973. The van der Waals surface area contributed by atoms with E-state index in [0.29, 0.717) is 47.0 Å². The van der Waals surface area contributed by atoms with Gasteiger partial charge in [-0.15, -0.1) is 0 Å². The van der Waals surface area contributed by atoms with E-state index in [2.05, 4.69) is 15.5 Å². The maximum absolute atomic E-state index is 12.4. The van der Waals surface area contributed by atoms with Gasteiger partial charge in [0.25, 0.3) is 0 Å². The predicted molar refractivity (Wildman–Crippen MR) is 114 cm³/mol. The van der Waals surface area contributed by atoms with E-state index in [1.54, 1.807) is 30.3 Å². The number of nitrogens with one attached hydrogen (secondary N) is 1. The molecular formula is C22H24ClN3O4. The third kappa shape index (κ3) is 6.22. The lowest BCUT2D eigenvalue weighted by atomic mass is 10.2. The largest absolute Gasteiger partial charge is 0.494 e. The van der Waals surface area contributed by atoms with Crippen LogP contribution in [0.15, 0.2) is 47.0 Å². The molecule has 3 aromatic rings. The third-order valence-electron chi connectivity index (χ3n) is 4.13. The third-order valence-corrected chi connectivity index (χ3v) is 4.36. The predicted octanol–water partition coefficient (Wildman–Crippen LogP) is 5.44. The summed E-state index contributed by atoms with van der Waals surface area (Å²) in [7, 11) is 0. The lowest BCUT2D eigenvalue weighted by Crippen LogP contribution is -2.13. The van der Waals surface area contributed by atoms with E-state index in [1.807, 2.05) is 26.0 Å². The van der Waals surface area contributed by atoms with E-state index in [1.165, 1.54) is 0 Å². The van der Waals surface area contributed by atoms with Crippen LogP contribution in [0.2, 0.25) is 5.02 Å². The second-order valence-electron chi connectivity index (χ2n) is 6.55. The van der Waals surface area contributed by atoms with Gasteiger partial charge in [0.1, 0.15) is 11.5 Å². The molecule has 1 amide bonds. The number of hydrogen-bond acceptors (Lipinski definition) is 6. The molecule has 0 atom stereocenters. The number of aromatic nitrogens is 2. The Morgan fingerprint density at radius 1 is 1.10 bits per heavy atom. The molecule has 0 aliphatic carbocycles. The average Bonchev–Trinajstić information content (AvgIpc) is 3.18. The van der Waals surface area contributed by atoms with Crippen LogP contribution in [0.25, 0.3) is 0 Å². The van der Waals surface area contributed by atoms with Crippen LogP contribution in [-0.2, 0) is 17.6 Å². The van der Waals surface area contributed by atoms with Gasteiger partial charge in [-0.05, 0) is 55.8 Å². The van der Waals surface area contributed by atoms with Gasteiger partial charge in [-0.2, -0.15) is 4.98 Å². The van der Waals surface area contributed by atoms with E-state index >= 15 is 0 Å². The van der Waals surface area contributed by atoms with Crippen molar-refractivity contribution in [3.8, 4) is 17.2 Å². The number of hydrogen-bond donors (Lipinski definition) is 1. The average molecular weight is 430 g/mol. The minimum atomic E-state index is -0.205. The normalized spacial score (nSPS) is 10.6. The van der Waals surface area contributed by atoms with Gasteiger partial charge >= 0.3 is 0 Å². The zero-order valence-electron chi connectivity index (χ0n) is 17.0. The lowest BCUT2D eigenvalue weighted by Gasteiger charge is -2.13. The van der Waals surface area contributed by atoms with Crippen LogP contribution in [0.1, 0.15) is 38.4 Å². The summed E-state index contributed by atoms with van der Waals surface area (Å²) in [6, 6.07) is 12.3. The number of benzene rings is 2. The number of carbonyl (C=O) groups is 1. The van der Waals surface area contributed by atoms with Crippen molar-refractivity contribution in [3.63, 3.8) is 0 Å². The molecule has 0 saturated carbocycles. The first-order valence-corrected chi connectivity index (χ1v) is 10.3. The Labute approximate surface area is 180 Å². The molecule has 0 aliphatic rings. The molecule has 2 aromatic carbocycles. The van der Waals surface area contributed by atoms with E-state index < -0.39 is 0 Å². The van der Waals surface area contributed by atoms with Gasteiger partial charge in [0.05, 0.1) is 12.3 Å². The Morgan fingerprint density at radius 3 is 2.60 bits per heavy atom. The van der Waals surface area contributed by atoms with Crippen molar-refractivity contribution in [2.75, 3.05) is 11.9 Å². The fourth-order valence-electron chi connectivity index (χ4n) is 2.74. The topological polar surface area (TPSA) is 86.5 Å². The first-order valence-electron chi connectivity index (χ1n) is 9.89. The second kappa shape index (κ2) is 10.6. The fraction of sp³-hybridized carbons (Fsp3) is 0.318. The molecule has 0 bridgehead atoms. The van der Waals surface area contributed by atoms with Crippen LogP contribution >= 0.6 is 11.6 Å². The van der Waals surface area contributed by atoms with Gasteiger partial charge in [-0.1, -0.05) is 23.7 Å². The highest BCUT2D eigenvalue weighted by Gasteiger charge is 2.13. The van der Waals surface area contributed by atoms with Crippen molar-refractivity contribution in [1.82, 2.24) is 10.1 Å². The van der Waals surface area contributed by atoms with Gasteiger partial charge in [0, 0.05) is 24.3 Å². The molecule has 0 spiro atoms. The first kappa shape index (κ1) is 21.6. The van der Waals surface area contributed by atoms with Gasteiger partial charge in [-0.3, -0.25) is 4.79 Å². The van der Waals surface area contributed by atoms with Crippen molar-refractivity contribution in [1.29, 1.82) is 0 Å². The van der Waals surface area contributed by atoms with Crippen LogP contribution in [-0.4, -0.2) is 22.7 Å². The summed E-state index contributed by atoms with van der Waals surface area (Å²) in [6.45, 7) is 4.56. The Kier molecular flexibility index (Phi) is 7.68. The fourth-order valence-corrected chi connectivity index (χ4v) is 2.91. The molecule has 1 aromatic heterocycles. The molecule has 0 saturated heterocycles.